The van der Waals surface area contributed by atoms with Crippen LogP contribution in [0.3, 0.4) is 0 Å². The summed E-state index contributed by atoms with van der Waals surface area (Å²) in [7, 11) is 0. The van der Waals surface area contributed by atoms with Crippen molar-refractivity contribution in [2.24, 2.45) is 0 Å². The number of benzene rings is 1. The fourth-order valence-corrected chi connectivity index (χ4v) is 1.54. The molecule has 88 valence electrons. The maximum Gasteiger partial charge on any atom is 0.363 e. The molecule has 1 heterocycles. The number of rotatable bonds is 2. The first-order valence-corrected chi connectivity index (χ1v) is 5.40. The van der Waals surface area contributed by atoms with Crippen molar-refractivity contribution in [3.63, 3.8) is 0 Å². The van der Waals surface area contributed by atoms with Gasteiger partial charge in [-0.2, -0.15) is 0 Å². The molecule has 1 saturated heterocycles. The van der Waals surface area contributed by atoms with Gasteiger partial charge in [-0.3, -0.25) is 9.59 Å². The maximum atomic E-state index is 11.6. The average Bonchev–Trinajstić information content (AvgIpc) is 2.61. The van der Waals surface area contributed by atoms with Crippen molar-refractivity contribution in [3.05, 3.63) is 29.8 Å². The number of hydrogen-bond acceptors (Lipinski definition) is 5. The molecule has 0 bridgehead atoms. The number of amides is 2. The Morgan fingerprint density at radius 3 is 2.18 bits per heavy atom. The second-order valence-corrected chi connectivity index (χ2v) is 4.02. The first-order valence-electron chi connectivity index (χ1n) is 4.95. The summed E-state index contributed by atoms with van der Waals surface area (Å²) in [4.78, 5) is 39.5. The minimum Gasteiger partial charge on any atom is -0.325 e. The van der Waals surface area contributed by atoms with E-state index in [0.717, 1.165) is 0 Å². The molecule has 1 aliphatic heterocycles. The largest absolute Gasteiger partial charge is 0.363 e. The maximum absolute atomic E-state index is 11.6. The topological polar surface area (TPSA) is 63.7 Å². The van der Waals surface area contributed by atoms with Gasteiger partial charge < -0.3 is 4.84 Å². The zero-order valence-electron chi connectivity index (χ0n) is 8.75. The molecular formula is C11H9NO4S. The Hall–Kier alpha value is -1.82. The van der Waals surface area contributed by atoms with Gasteiger partial charge in [-0.1, -0.05) is 0 Å². The van der Waals surface area contributed by atoms with Crippen LogP contribution in [0.25, 0.3) is 0 Å². The van der Waals surface area contributed by atoms with E-state index in [1.54, 1.807) is 12.1 Å². The standard InChI is InChI=1S/C11H9NO4S/c13-9-5-6-10(14)12(9)16-11(15)7-1-3-8(17)4-2-7/h1-4,17H,5-6H2. The molecule has 0 aromatic heterocycles. The lowest BCUT2D eigenvalue weighted by Gasteiger charge is -2.12. The molecule has 5 nitrogen and oxygen atoms in total. The van der Waals surface area contributed by atoms with Gasteiger partial charge in [-0.15, -0.1) is 17.7 Å². The Bertz CT molecular complexity index is 467. The van der Waals surface area contributed by atoms with E-state index in [4.69, 9.17) is 4.84 Å². The number of imide groups is 1. The fraction of sp³-hybridized carbons (Fsp3) is 0.182. The molecule has 0 aliphatic carbocycles. The zero-order chi connectivity index (χ0) is 12.4. The summed E-state index contributed by atoms with van der Waals surface area (Å²) in [5, 5.41) is 0.525. The lowest BCUT2D eigenvalue weighted by Crippen LogP contribution is -2.32. The van der Waals surface area contributed by atoms with E-state index < -0.39 is 17.8 Å². The van der Waals surface area contributed by atoms with Crippen LogP contribution in [0.15, 0.2) is 29.2 Å². The molecule has 1 aromatic carbocycles. The normalized spacial score (nSPS) is 15.2. The van der Waals surface area contributed by atoms with Crippen LogP contribution in [0.2, 0.25) is 0 Å². The van der Waals surface area contributed by atoms with Gasteiger partial charge in [0, 0.05) is 17.7 Å². The first-order chi connectivity index (χ1) is 8.08. The lowest BCUT2D eigenvalue weighted by molar-refractivity contribution is -0.172. The first kappa shape index (κ1) is 11.7. The van der Waals surface area contributed by atoms with E-state index >= 15 is 0 Å². The van der Waals surface area contributed by atoms with Gasteiger partial charge in [0.2, 0.25) is 0 Å². The summed E-state index contributed by atoms with van der Waals surface area (Å²) in [6, 6.07) is 6.26. The Morgan fingerprint density at radius 2 is 1.65 bits per heavy atom. The highest BCUT2D eigenvalue weighted by molar-refractivity contribution is 7.80. The Morgan fingerprint density at radius 1 is 1.12 bits per heavy atom. The van der Waals surface area contributed by atoms with E-state index in [1.165, 1.54) is 12.1 Å². The van der Waals surface area contributed by atoms with Crippen LogP contribution in [0.1, 0.15) is 23.2 Å². The summed E-state index contributed by atoms with van der Waals surface area (Å²) >= 11 is 4.07. The number of nitrogens with zero attached hydrogens (tertiary/aromatic N) is 1. The van der Waals surface area contributed by atoms with Crippen molar-refractivity contribution in [1.29, 1.82) is 0 Å². The third-order valence-corrected chi connectivity index (χ3v) is 2.58. The highest BCUT2D eigenvalue weighted by atomic mass is 32.1. The molecule has 2 amide bonds. The average molecular weight is 251 g/mol. The van der Waals surface area contributed by atoms with Gasteiger partial charge in [0.15, 0.2) is 0 Å². The molecule has 0 N–H and O–H groups in total. The second kappa shape index (κ2) is 4.58. The van der Waals surface area contributed by atoms with Crippen molar-refractivity contribution < 1.29 is 19.2 Å². The minimum absolute atomic E-state index is 0.0850. The van der Waals surface area contributed by atoms with Crippen molar-refractivity contribution in [3.8, 4) is 0 Å². The van der Waals surface area contributed by atoms with Gasteiger partial charge >= 0.3 is 5.97 Å². The smallest absolute Gasteiger partial charge is 0.325 e. The molecule has 17 heavy (non-hydrogen) atoms. The number of carbonyl (C=O) groups excluding carboxylic acids is 3. The zero-order valence-corrected chi connectivity index (χ0v) is 9.65. The molecule has 6 heteroatoms. The second-order valence-electron chi connectivity index (χ2n) is 3.51. The van der Waals surface area contributed by atoms with Crippen LogP contribution in [0.4, 0.5) is 0 Å². The predicted molar refractivity (Wildman–Crippen MR) is 60.2 cm³/mol. The highest BCUT2D eigenvalue weighted by Crippen LogP contribution is 2.15. The van der Waals surface area contributed by atoms with Crippen LogP contribution in [0, 0.1) is 0 Å². The molecule has 1 aliphatic rings. The Labute approximate surface area is 103 Å². The van der Waals surface area contributed by atoms with Crippen LogP contribution in [0.5, 0.6) is 0 Å². The number of carbonyl (C=O) groups is 3. The molecular weight excluding hydrogens is 242 g/mol. The molecule has 0 saturated carbocycles. The molecule has 0 spiro atoms. The summed E-state index contributed by atoms with van der Waals surface area (Å²) in [6.45, 7) is 0. The van der Waals surface area contributed by atoms with Crippen molar-refractivity contribution >= 4 is 30.4 Å². The molecule has 1 fully saturated rings. The minimum atomic E-state index is -0.734. The highest BCUT2D eigenvalue weighted by Gasteiger charge is 2.33. The van der Waals surface area contributed by atoms with E-state index in [-0.39, 0.29) is 18.4 Å². The van der Waals surface area contributed by atoms with Gasteiger partial charge in [0.05, 0.1) is 5.56 Å². The lowest BCUT2D eigenvalue weighted by atomic mass is 10.2. The van der Waals surface area contributed by atoms with Gasteiger partial charge in [0.1, 0.15) is 0 Å². The molecule has 2 rings (SSSR count). The molecule has 0 radical (unpaired) electrons. The summed E-state index contributed by atoms with van der Waals surface area (Å²) in [5.41, 5.74) is 0.260. The number of thiol groups is 1. The van der Waals surface area contributed by atoms with Gasteiger partial charge in [0.25, 0.3) is 11.8 Å². The molecule has 0 unspecified atom stereocenters. The molecule has 0 atom stereocenters. The van der Waals surface area contributed by atoms with Crippen molar-refractivity contribution in [2.45, 2.75) is 17.7 Å². The Balaban J connectivity index is 2.09. The quantitative estimate of drug-likeness (QED) is 0.633. The summed E-state index contributed by atoms with van der Waals surface area (Å²) < 4.78 is 0. The molecule has 1 aromatic rings. The monoisotopic (exact) mass is 251 g/mol. The summed E-state index contributed by atoms with van der Waals surface area (Å²) in [6.07, 6.45) is 0.170. The van der Waals surface area contributed by atoms with Crippen LogP contribution in [-0.4, -0.2) is 22.8 Å². The predicted octanol–water partition coefficient (Wildman–Crippen LogP) is 1.20. The van der Waals surface area contributed by atoms with Crippen LogP contribution in [-0.2, 0) is 14.4 Å². The van der Waals surface area contributed by atoms with E-state index in [9.17, 15) is 14.4 Å². The van der Waals surface area contributed by atoms with E-state index in [2.05, 4.69) is 12.6 Å². The fourth-order valence-electron chi connectivity index (χ4n) is 1.39. The number of hydroxylamine groups is 2. The van der Waals surface area contributed by atoms with Crippen LogP contribution >= 0.6 is 12.6 Å². The van der Waals surface area contributed by atoms with E-state index in [1.807, 2.05) is 0 Å². The van der Waals surface area contributed by atoms with Crippen molar-refractivity contribution in [2.75, 3.05) is 0 Å². The van der Waals surface area contributed by atoms with Gasteiger partial charge in [-0.05, 0) is 24.3 Å². The van der Waals surface area contributed by atoms with Crippen molar-refractivity contribution in [1.82, 2.24) is 5.06 Å². The summed E-state index contributed by atoms with van der Waals surface area (Å²) in [5.74, 6) is -1.72. The van der Waals surface area contributed by atoms with Crippen LogP contribution < -0.4 is 0 Å². The van der Waals surface area contributed by atoms with E-state index in [0.29, 0.717) is 9.96 Å². The Kier molecular flexibility index (Phi) is 3.14. The SMILES string of the molecule is O=C(ON1C(=O)CCC1=O)c1ccc(S)cc1. The third-order valence-electron chi connectivity index (χ3n) is 2.28. The third kappa shape index (κ3) is 2.47. The number of hydrogen-bond donors (Lipinski definition) is 1. The van der Waals surface area contributed by atoms with Gasteiger partial charge in [-0.25, -0.2) is 4.79 Å².